The summed E-state index contributed by atoms with van der Waals surface area (Å²) in [5.74, 6) is 1.05. The van der Waals surface area contributed by atoms with Crippen molar-refractivity contribution < 1.29 is 22.7 Å². The number of fused-ring (bicyclic) bond motifs is 1. The van der Waals surface area contributed by atoms with Gasteiger partial charge in [-0.1, -0.05) is 6.07 Å². The van der Waals surface area contributed by atoms with E-state index in [9.17, 15) is 13.2 Å². The van der Waals surface area contributed by atoms with E-state index >= 15 is 0 Å². The zero-order chi connectivity index (χ0) is 22.1. The van der Waals surface area contributed by atoms with Crippen LogP contribution in [0.4, 0.5) is 0 Å². The second-order valence-corrected chi connectivity index (χ2v) is 9.58. The highest BCUT2D eigenvalue weighted by molar-refractivity contribution is 7.89. The Hall–Kier alpha value is -3.37. The molecule has 1 N–H and O–H groups in total. The fraction of sp³-hybridized carbons (Fsp3) is 0.273. The average Bonchev–Trinajstić information content (AvgIpc) is 3.58. The summed E-state index contributed by atoms with van der Waals surface area (Å²) < 4.78 is 39.2. The van der Waals surface area contributed by atoms with E-state index in [4.69, 9.17) is 9.47 Å². The Morgan fingerprint density at radius 3 is 2.56 bits per heavy atom. The third-order valence-corrected chi connectivity index (χ3v) is 7.46. The van der Waals surface area contributed by atoms with Crippen molar-refractivity contribution in [2.24, 2.45) is 0 Å². The Morgan fingerprint density at radius 2 is 1.78 bits per heavy atom. The van der Waals surface area contributed by atoms with Gasteiger partial charge in [-0.05, 0) is 54.8 Å². The van der Waals surface area contributed by atoms with Gasteiger partial charge in [-0.2, -0.15) is 4.31 Å². The molecule has 166 valence electrons. The van der Waals surface area contributed by atoms with Crippen molar-refractivity contribution >= 4 is 15.9 Å². The molecule has 0 unspecified atom stereocenters. The number of nitrogens with one attached hydrogen (secondary N) is 1. The standard InChI is InChI=1S/C22H22N4O5S/c27-22(23-12-16-3-8-20-21(11-16)31-15-30-20)19-13-25(14-24-19)17-4-6-18(7-5-17)32(28,29)26-9-1-2-10-26/h3-8,11,13-14H,1-2,9-10,12,15H2,(H,23,27). The Morgan fingerprint density at radius 1 is 1.03 bits per heavy atom. The first-order chi connectivity index (χ1) is 15.5. The molecule has 0 radical (unpaired) electrons. The molecule has 2 aromatic carbocycles. The van der Waals surface area contributed by atoms with Crippen molar-refractivity contribution in [3.63, 3.8) is 0 Å². The maximum atomic E-state index is 12.7. The molecule has 1 fully saturated rings. The van der Waals surface area contributed by atoms with Crippen LogP contribution >= 0.6 is 0 Å². The quantitative estimate of drug-likeness (QED) is 0.613. The average molecular weight is 455 g/mol. The predicted molar refractivity (Wildman–Crippen MR) is 115 cm³/mol. The van der Waals surface area contributed by atoms with Crippen molar-refractivity contribution in [3.05, 3.63) is 66.2 Å². The van der Waals surface area contributed by atoms with Crippen molar-refractivity contribution in [1.29, 1.82) is 0 Å². The van der Waals surface area contributed by atoms with Crippen LogP contribution < -0.4 is 14.8 Å². The van der Waals surface area contributed by atoms with Crippen molar-refractivity contribution in [2.75, 3.05) is 19.9 Å². The smallest absolute Gasteiger partial charge is 0.271 e. The minimum Gasteiger partial charge on any atom is -0.454 e. The summed E-state index contributed by atoms with van der Waals surface area (Å²) >= 11 is 0. The van der Waals surface area contributed by atoms with Crippen LogP contribution in [0.3, 0.4) is 0 Å². The predicted octanol–water partition coefficient (Wildman–Crippen LogP) is 2.32. The molecular weight excluding hydrogens is 432 g/mol. The maximum absolute atomic E-state index is 12.7. The maximum Gasteiger partial charge on any atom is 0.271 e. The van der Waals surface area contributed by atoms with Crippen LogP contribution in [0, 0.1) is 0 Å². The van der Waals surface area contributed by atoms with E-state index in [1.54, 1.807) is 35.0 Å². The van der Waals surface area contributed by atoms with Crippen LogP contribution in [0.5, 0.6) is 11.5 Å². The first kappa shape index (κ1) is 20.5. The number of ether oxygens (including phenoxy) is 2. The summed E-state index contributed by atoms with van der Waals surface area (Å²) in [6.07, 6.45) is 4.93. The van der Waals surface area contributed by atoms with E-state index in [2.05, 4.69) is 10.3 Å². The number of carbonyl (C=O) groups excluding carboxylic acids is 1. The SMILES string of the molecule is O=C(NCc1ccc2c(c1)OCO2)c1cn(-c2ccc(S(=O)(=O)N3CCCC3)cc2)cn1. The monoisotopic (exact) mass is 454 g/mol. The van der Waals surface area contributed by atoms with Crippen LogP contribution in [0.25, 0.3) is 5.69 Å². The van der Waals surface area contributed by atoms with Crippen LogP contribution in [0.15, 0.2) is 59.9 Å². The van der Waals surface area contributed by atoms with E-state index in [0.717, 1.165) is 18.4 Å². The molecule has 0 saturated carbocycles. The highest BCUT2D eigenvalue weighted by Crippen LogP contribution is 2.32. The number of nitrogens with zero attached hydrogens (tertiary/aromatic N) is 3. The van der Waals surface area contributed by atoms with Gasteiger partial charge in [-0.3, -0.25) is 4.79 Å². The topological polar surface area (TPSA) is 103 Å². The van der Waals surface area contributed by atoms with E-state index in [0.29, 0.717) is 36.8 Å². The van der Waals surface area contributed by atoms with Crippen molar-refractivity contribution in [1.82, 2.24) is 19.2 Å². The Balaban J connectivity index is 1.24. The second kappa shape index (κ2) is 8.29. The highest BCUT2D eigenvalue weighted by atomic mass is 32.2. The zero-order valence-corrected chi connectivity index (χ0v) is 18.0. The Kier molecular flexibility index (Phi) is 5.32. The Labute approximate surface area is 185 Å². The lowest BCUT2D eigenvalue weighted by molar-refractivity contribution is 0.0946. The summed E-state index contributed by atoms with van der Waals surface area (Å²) in [7, 11) is -3.46. The van der Waals surface area contributed by atoms with E-state index in [-0.39, 0.29) is 23.3 Å². The van der Waals surface area contributed by atoms with E-state index in [1.807, 2.05) is 18.2 Å². The molecule has 3 aromatic rings. The van der Waals surface area contributed by atoms with Gasteiger partial charge in [0.25, 0.3) is 5.91 Å². The van der Waals surface area contributed by atoms with Gasteiger partial charge in [0.05, 0.1) is 4.90 Å². The normalized spacial score (nSPS) is 15.8. The van der Waals surface area contributed by atoms with Gasteiger partial charge in [-0.15, -0.1) is 0 Å². The fourth-order valence-electron chi connectivity index (χ4n) is 3.77. The number of hydrogen-bond acceptors (Lipinski definition) is 6. The zero-order valence-electron chi connectivity index (χ0n) is 17.2. The number of benzene rings is 2. The molecule has 10 heteroatoms. The molecule has 1 aromatic heterocycles. The lowest BCUT2D eigenvalue weighted by Gasteiger charge is -2.15. The largest absolute Gasteiger partial charge is 0.454 e. The number of imidazole rings is 1. The summed E-state index contributed by atoms with van der Waals surface area (Å²) in [6, 6.07) is 12.1. The van der Waals surface area contributed by atoms with Crippen LogP contribution in [-0.2, 0) is 16.6 Å². The number of hydrogen-bond donors (Lipinski definition) is 1. The minimum absolute atomic E-state index is 0.202. The van der Waals surface area contributed by atoms with E-state index in [1.165, 1.54) is 10.6 Å². The van der Waals surface area contributed by atoms with Crippen LogP contribution in [-0.4, -0.2) is 48.1 Å². The van der Waals surface area contributed by atoms with Gasteiger partial charge in [0, 0.05) is 31.5 Å². The molecule has 0 bridgehead atoms. The number of carbonyl (C=O) groups is 1. The van der Waals surface area contributed by atoms with Gasteiger partial charge < -0.3 is 19.4 Å². The number of amides is 1. The van der Waals surface area contributed by atoms with E-state index < -0.39 is 10.0 Å². The molecule has 5 rings (SSSR count). The molecular formula is C22H22N4O5S. The summed E-state index contributed by atoms with van der Waals surface area (Å²) in [5, 5.41) is 2.84. The molecule has 2 aliphatic heterocycles. The number of rotatable bonds is 6. The molecule has 1 saturated heterocycles. The second-order valence-electron chi connectivity index (χ2n) is 7.64. The lowest BCUT2D eigenvalue weighted by Crippen LogP contribution is -2.27. The van der Waals surface area contributed by atoms with Gasteiger partial charge >= 0.3 is 0 Å². The minimum atomic E-state index is -3.46. The molecule has 32 heavy (non-hydrogen) atoms. The third-order valence-electron chi connectivity index (χ3n) is 5.54. The highest BCUT2D eigenvalue weighted by Gasteiger charge is 2.27. The fourth-order valence-corrected chi connectivity index (χ4v) is 5.29. The molecule has 0 spiro atoms. The third kappa shape index (κ3) is 3.94. The first-order valence-electron chi connectivity index (χ1n) is 10.3. The molecule has 3 heterocycles. The molecule has 0 aliphatic carbocycles. The van der Waals surface area contributed by atoms with Gasteiger partial charge in [0.2, 0.25) is 16.8 Å². The number of aromatic nitrogens is 2. The van der Waals surface area contributed by atoms with Crippen molar-refractivity contribution in [3.8, 4) is 17.2 Å². The van der Waals surface area contributed by atoms with Gasteiger partial charge in [0.15, 0.2) is 11.5 Å². The molecule has 2 aliphatic rings. The van der Waals surface area contributed by atoms with Crippen LogP contribution in [0.1, 0.15) is 28.9 Å². The van der Waals surface area contributed by atoms with Gasteiger partial charge in [-0.25, -0.2) is 13.4 Å². The first-order valence-corrected chi connectivity index (χ1v) is 11.8. The summed E-state index contributed by atoms with van der Waals surface area (Å²) in [5.41, 5.74) is 1.86. The van der Waals surface area contributed by atoms with Gasteiger partial charge in [0.1, 0.15) is 12.0 Å². The lowest BCUT2D eigenvalue weighted by atomic mass is 10.2. The molecule has 9 nitrogen and oxygen atoms in total. The van der Waals surface area contributed by atoms with Crippen LogP contribution in [0.2, 0.25) is 0 Å². The summed E-state index contributed by atoms with van der Waals surface area (Å²) in [4.78, 5) is 16.9. The Bertz CT molecular complexity index is 1250. The number of sulfonamides is 1. The summed E-state index contributed by atoms with van der Waals surface area (Å²) in [6.45, 7) is 1.66. The van der Waals surface area contributed by atoms with Crippen molar-refractivity contribution in [2.45, 2.75) is 24.3 Å². The molecule has 0 atom stereocenters. The molecule has 1 amide bonds.